The van der Waals surface area contributed by atoms with E-state index in [0.29, 0.717) is 10.7 Å². The van der Waals surface area contributed by atoms with Crippen LogP contribution in [0.3, 0.4) is 0 Å². The first kappa shape index (κ1) is 27.0. The van der Waals surface area contributed by atoms with Crippen LogP contribution in [0.2, 0.25) is 5.02 Å². The molecule has 3 rings (SSSR count). The normalized spacial score (nSPS) is 15.1. The van der Waals surface area contributed by atoms with Crippen molar-refractivity contribution in [1.29, 1.82) is 0 Å². The zero-order chi connectivity index (χ0) is 25.6. The highest BCUT2D eigenvalue weighted by molar-refractivity contribution is 7.90. The molecule has 2 amide bonds. The summed E-state index contributed by atoms with van der Waals surface area (Å²) in [4.78, 5) is 28.2. The summed E-state index contributed by atoms with van der Waals surface area (Å²) in [7, 11) is -1.14. The van der Waals surface area contributed by atoms with Gasteiger partial charge >= 0.3 is 10.2 Å². The van der Waals surface area contributed by atoms with Crippen LogP contribution in [0.15, 0.2) is 54.6 Å². The van der Waals surface area contributed by atoms with Gasteiger partial charge in [-0.05, 0) is 49.6 Å². The average Bonchev–Trinajstić information content (AvgIpc) is 3.33. The third-order valence-corrected chi connectivity index (χ3v) is 8.23. The quantitative estimate of drug-likeness (QED) is 0.519. The van der Waals surface area contributed by atoms with Crippen molar-refractivity contribution in [3.63, 3.8) is 0 Å². The first-order chi connectivity index (χ1) is 16.6. The molecule has 35 heavy (non-hydrogen) atoms. The Hall–Kier alpha value is -2.62. The van der Waals surface area contributed by atoms with Gasteiger partial charge in [-0.15, -0.1) is 0 Å². The third-order valence-electron chi connectivity index (χ3n) is 6.17. The molecular weight excluding hydrogens is 488 g/mol. The SMILES string of the molecule is C[C@@H](C(=O)NC1CCCC1)N(Cc1cccc(Cl)c1)C(=O)CN(c1ccccc1)S(=O)(=O)N(C)C. The van der Waals surface area contributed by atoms with Gasteiger partial charge in [-0.3, -0.25) is 9.59 Å². The molecule has 190 valence electrons. The summed E-state index contributed by atoms with van der Waals surface area (Å²) < 4.78 is 28.3. The van der Waals surface area contributed by atoms with Crippen molar-refractivity contribution in [2.75, 3.05) is 24.9 Å². The fourth-order valence-electron chi connectivity index (χ4n) is 4.12. The molecule has 0 saturated heterocycles. The summed E-state index contributed by atoms with van der Waals surface area (Å²) in [6.07, 6.45) is 3.98. The van der Waals surface area contributed by atoms with E-state index in [1.54, 1.807) is 55.5 Å². The lowest BCUT2D eigenvalue weighted by Gasteiger charge is -2.33. The van der Waals surface area contributed by atoms with Crippen molar-refractivity contribution >= 4 is 39.3 Å². The molecule has 2 aromatic carbocycles. The summed E-state index contributed by atoms with van der Waals surface area (Å²) in [5.41, 5.74) is 1.11. The summed E-state index contributed by atoms with van der Waals surface area (Å²) in [6, 6.07) is 14.8. The Morgan fingerprint density at radius 3 is 2.31 bits per heavy atom. The molecule has 0 aromatic heterocycles. The fraction of sp³-hybridized carbons (Fsp3) is 0.440. The summed E-state index contributed by atoms with van der Waals surface area (Å²) in [5, 5.41) is 3.56. The van der Waals surface area contributed by atoms with Gasteiger partial charge in [-0.2, -0.15) is 12.7 Å². The molecule has 1 atom stereocenters. The van der Waals surface area contributed by atoms with Gasteiger partial charge in [0.05, 0.1) is 5.69 Å². The summed E-state index contributed by atoms with van der Waals surface area (Å²) >= 11 is 6.15. The van der Waals surface area contributed by atoms with Gasteiger partial charge in [0, 0.05) is 31.7 Å². The van der Waals surface area contributed by atoms with E-state index in [0.717, 1.165) is 39.9 Å². The number of benzene rings is 2. The van der Waals surface area contributed by atoms with Crippen molar-refractivity contribution in [1.82, 2.24) is 14.5 Å². The molecule has 0 heterocycles. The largest absolute Gasteiger partial charge is 0.352 e. The number of hydrogen-bond acceptors (Lipinski definition) is 4. The van der Waals surface area contributed by atoms with Crippen LogP contribution in [-0.2, 0) is 26.3 Å². The van der Waals surface area contributed by atoms with Crippen molar-refractivity contribution in [3.05, 3.63) is 65.2 Å². The Balaban J connectivity index is 1.90. The van der Waals surface area contributed by atoms with E-state index in [-0.39, 0.29) is 18.5 Å². The highest BCUT2D eigenvalue weighted by atomic mass is 35.5. The highest BCUT2D eigenvalue weighted by Crippen LogP contribution is 2.22. The van der Waals surface area contributed by atoms with Gasteiger partial charge in [-0.1, -0.05) is 54.8 Å². The molecule has 0 bridgehead atoms. The average molecular weight is 521 g/mol. The summed E-state index contributed by atoms with van der Waals surface area (Å²) in [5.74, 6) is -0.748. The minimum absolute atomic E-state index is 0.100. The third kappa shape index (κ3) is 6.96. The molecule has 1 aliphatic rings. The lowest BCUT2D eigenvalue weighted by Crippen LogP contribution is -2.53. The number of anilines is 1. The number of nitrogens with zero attached hydrogens (tertiary/aromatic N) is 3. The zero-order valence-corrected chi connectivity index (χ0v) is 21.9. The summed E-state index contributed by atoms with van der Waals surface area (Å²) in [6.45, 7) is 1.33. The van der Waals surface area contributed by atoms with E-state index < -0.39 is 28.7 Å². The Morgan fingerprint density at radius 1 is 1.06 bits per heavy atom. The molecule has 0 spiro atoms. The van der Waals surface area contributed by atoms with Crippen molar-refractivity contribution in [3.8, 4) is 0 Å². The smallest absolute Gasteiger partial charge is 0.304 e. The standard InChI is InChI=1S/C25H33ClN4O4S/c1-19(25(32)27-22-12-7-8-13-22)29(17-20-10-9-11-21(26)16-20)24(31)18-30(35(33,34)28(2)3)23-14-5-4-6-15-23/h4-6,9-11,14-16,19,22H,7-8,12-13,17-18H2,1-3H3,(H,27,32)/t19-/m0/s1. The van der Waals surface area contributed by atoms with Gasteiger partial charge in [-0.25, -0.2) is 4.31 Å². The Morgan fingerprint density at radius 2 is 1.71 bits per heavy atom. The van der Waals surface area contributed by atoms with E-state index in [1.165, 1.54) is 19.0 Å². The van der Waals surface area contributed by atoms with Crippen LogP contribution < -0.4 is 9.62 Å². The van der Waals surface area contributed by atoms with Crippen LogP contribution in [0.1, 0.15) is 38.2 Å². The van der Waals surface area contributed by atoms with Crippen LogP contribution in [-0.4, -0.2) is 62.2 Å². The maximum Gasteiger partial charge on any atom is 0.304 e. The minimum atomic E-state index is -3.97. The van der Waals surface area contributed by atoms with E-state index in [1.807, 2.05) is 6.07 Å². The number of hydrogen-bond donors (Lipinski definition) is 1. The predicted molar refractivity (Wildman–Crippen MR) is 138 cm³/mol. The van der Waals surface area contributed by atoms with Crippen LogP contribution in [0, 0.1) is 0 Å². The molecule has 0 radical (unpaired) electrons. The molecule has 1 N–H and O–H groups in total. The maximum atomic E-state index is 13.7. The van der Waals surface area contributed by atoms with Crippen LogP contribution in [0.5, 0.6) is 0 Å². The van der Waals surface area contributed by atoms with Crippen LogP contribution in [0.25, 0.3) is 0 Å². The number of carbonyl (C=O) groups is 2. The number of amides is 2. The van der Waals surface area contributed by atoms with E-state index in [4.69, 9.17) is 11.6 Å². The molecule has 10 heteroatoms. The second kappa shape index (κ2) is 11.9. The maximum absolute atomic E-state index is 13.7. The molecule has 0 unspecified atom stereocenters. The first-order valence-corrected chi connectivity index (χ1v) is 13.5. The van der Waals surface area contributed by atoms with E-state index >= 15 is 0 Å². The predicted octanol–water partition coefficient (Wildman–Crippen LogP) is 3.43. The van der Waals surface area contributed by atoms with Gasteiger partial charge in [0.25, 0.3) is 0 Å². The second-order valence-corrected chi connectivity index (χ2v) is 11.5. The van der Waals surface area contributed by atoms with E-state index in [2.05, 4.69) is 5.32 Å². The Labute approximate surface area is 213 Å². The van der Waals surface area contributed by atoms with E-state index in [9.17, 15) is 18.0 Å². The molecule has 0 aliphatic heterocycles. The first-order valence-electron chi connectivity index (χ1n) is 11.7. The van der Waals surface area contributed by atoms with Crippen LogP contribution >= 0.6 is 11.6 Å². The Bertz CT molecular complexity index is 1120. The van der Waals surface area contributed by atoms with Crippen molar-refractivity contribution < 1.29 is 18.0 Å². The van der Waals surface area contributed by atoms with Gasteiger partial charge in [0.2, 0.25) is 11.8 Å². The minimum Gasteiger partial charge on any atom is -0.352 e. The highest BCUT2D eigenvalue weighted by Gasteiger charge is 2.33. The molecule has 2 aromatic rings. The lowest BCUT2D eigenvalue weighted by atomic mass is 10.1. The number of carbonyl (C=O) groups excluding carboxylic acids is 2. The van der Waals surface area contributed by atoms with Gasteiger partial charge < -0.3 is 10.2 Å². The lowest BCUT2D eigenvalue weighted by molar-refractivity contribution is -0.139. The topological polar surface area (TPSA) is 90.0 Å². The molecule has 1 aliphatic carbocycles. The van der Waals surface area contributed by atoms with Crippen molar-refractivity contribution in [2.24, 2.45) is 0 Å². The van der Waals surface area contributed by atoms with Gasteiger partial charge in [0.15, 0.2) is 0 Å². The van der Waals surface area contributed by atoms with Crippen molar-refractivity contribution in [2.45, 2.75) is 51.2 Å². The number of para-hydroxylation sites is 1. The molecule has 1 fully saturated rings. The number of rotatable bonds is 10. The number of nitrogens with one attached hydrogen (secondary N) is 1. The number of halogens is 1. The zero-order valence-electron chi connectivity index (χ0n) is 20.4. The monoisotopic (exact) mass is 520 g/mol. The van der Waals surface area contributed by atoms with Gasteiger partial charge in [0.1, 0.15) is 12.6 Å². The molecular formula is C25H33ClN4O4S. The fourth-order valence-corrected chi connectivity index (χ4v) is 5.39. The molecule has 8 nitrogen and oxygen atoms in total. The van der Waals surface area contributed by atoms with Crippen LogP contribution in [0.4, 0.5) is 5.69 Å². The second-order valence-electron chi connectivity index (χ2n) is 8.95. The molecule has 1 saturated carbocycles. The Kier molecular flexibility index (Phi) is 9.15.